The van der Waals surface area contributed by atoms with E-state index in [1.807, 2.05) is 0 Å². The second-order valence-electron chi connectivity index (χ2n) is 6.22. The van der Waals surface area contributed by atoms with Crippen LogP contribution in [0.25, 0.3) is 11.4 Å². The van der Waals surface area contributed by atoms with Crippen LogP contribution in [0.5, 0.6) is 5.75 Å². The van der Waals surface area contributed by atoms with Gasteiger partial charge in [-0.2, -0.15) is 0 Å². The van der Waals surface area contributed by atoms with Crippen LogP contribution in [0.4, 0.5) is 0 Å². The van der Waals surface area contributed by atoms with Gasteiger partial charge in [0, 0.05) is 18.1 Å². The van der Waals surface area contributed by atoms with Gasteiger partial charge in [0.15, 0.2) is 11.0 Å². The van der Waals surface area contributed by atoms with Crippen molar-refractivity contribution in [1.82, 2.24) is 20.1 Å². The zero-order valence-corrected chi connectivity index (χ0v) is 15.6. The molecule has 8 heteroatoms. The Labute approximate surface area is 156 Å². The van der Waals surface area contributed by atoms with Crippen LogP contribution >= 0.6 is 23.4 Å². The van der Waals surface area contributed by atoms with Crippen molar-refractivity contribution >= 4 is 29.3 Å². The van der Waals surface area contributed by atoms with Gasteiger partial charge in [-0.15, -0.1) is 10.2 Å². The van der Waals surface area contributed by atoms with Crippen LogP contribution in [0.2, 0.25) is 5.02 Å². The average molecular weight is 381 g/mol. The van der Waals surface area contributed by atoms with Crippen molar-refractivity contribution in [2.24, 2.45) is 7.05 Å². The van der Waals surface area contributed by atoms with E-state index in [0.29, 0.717) is 33.4 Å². The molecule has 1 amide bonds. The summed E-state index contributed by atoms with van der Waals surface area (Å²) < 4.78 is 1.75. The summed E-state index contributed by atoms with van der Waals surface area (Å²) in [4.78, 5) is 12.1. The predicted molar refractivity (Wildman–Crippen MR) is 98.9 cm³/mol. The van der Waals surface area contributed by atoms with Crippen molar-refractivity contribution < 1.29 is 9.90 Å². The topological polar surface area (TPSA) is 80.0 Å². The minimum absolute atomic E-state index is 0.0204. The van der Waals surface area contributed by atoms with Gasteiger partial charge in [0.2, 0.25) is 5.91 Å². The van der Waals surface area contributed by atoms with Gasteiger partial charge in [0.1, 0.15) is 5.75 Å². The van der Waals surface area contributed by atoms with E-state index in [-0.39, 0.29) is 11.7 Å². The number of hydrogen-bond acceptors (Lipinski definition) is 5. The Morgan fingerprint density at radius 2 is 2.12 bits per heavy atom. The average Bonchev–Trinajstić information content (AvgIpc) is 2.97. The molecule has 1 aliphatic rings. The van der Waals surface area contributed by atoms with E-state index in [9.17, 15) is 9.90 Å². The minimum atomic E-state index is 0.0204. The summed E-state index contributed by atoms with van der Waals surface area (Å²) in [5.74, 6) is 0.915. The molecule has 0 bridgehead atoms. The highest BCUT2D eigenvalue weighted by Gasteiger charge is 2.18. The molecule has 25 heavy (non-hydrogen) atoms. The molecule has 1 aromatic carbocycles. The number of benzene rings is 1. The molecule has 1 fully saturated rings. The van der Waals surface area contributed by atoms with Crippen LogP contribution in [0.3, 0.4) is 0 Å². The van der Waals surface area contributed by atoms with E-state index in [0.717, 1.165) is 12.8 Å². The first-order valence-corrected chi connectivity index (χ1v) is 9.71. The normalized spacial score (nSPS) is 15.3. The fourth-order valence-electron chi connectivity index (χ4n) is 3.01. The van der Waals surface area contributed by atoms with Crippen LogP contribution < -0.4 is 5.32 Å². The summed E-state index contributed by atoms with van der Waals surface area (Å²) in [6, 6.07) is 5.09. The minimum Gasteiger partial charge on any atom is -0.507 e. The molecule has 0 aliphatic heterocycles. The third-order valence-corrected chi connectivity index (χ3v) is 5.59. The molecule has 1 heterocycles. The number of carbonyl (C=O) groups excluding carboxylic acids is 1. The van der Waals surface area contributed by atoms with E-state index >= 15 is 0 Å². The molecule has 2 N–H and O–H groups in total. The smallest absolute Gasteiger partial charge is 0.230 e. The number of aromatic hydroxyl groups is 1. The van der Waals surface area contributed by atoms with Crippen LogP contribution in [-0.4, -0.2) is 37.6 Å². The Bertz CT molecular complexity index is 759. The maximum absolute atomic E-state index is 12.1. The highest BCUT2D eigenvalue weighted by molar-refractivity contribution is 7.99. The number of rotatable bonds is 5. The van der Waals surface area contributed by atoms with E-state index in [1.165, 1.54) is 37.1 Å². The molecule has 0 atom stereocenters. The monoisotopic (exact) mass is 380 g/mol. The van der Waals surface area contributed by atoms with Crippen molar-refractivity contribution in [3.05, 3.63) is 23.2 Å². The summed E-state index contributed by atoms with van der Waals surface area (Å²) in [7, 11) is 1.80. The lowest BCUT2D eigenvalue weighted by Crippen LogP contribution is -2.37. The summed E-state index contributed by atoms with van der Waals surface area (Å²) >= 11 is 7.33. The SMILES string of the molecule is Cn1c(SCC(=O)NC2CCCCC2)nnc1-c1cc(Cl)ccc1O. The molecule has 3 rings (SSSR count). The van der Waals surface area contributed by atoms with Crippen molar-refractivity contribution in [2.45, 2.75) is 43.3 Å². The van der Waals surface area contributed by atoms with Crippen LogP contribution in [0.15, 0.2) is 23.4 Å². The fraction of sp³-hybridized carbons (Fsp3) is 0.471. The molecule has 6 nitrogen and oxygen atoms in total. The lowest BCUT2D eigenvalue weighted by molar-refractivity contribution is -0.119. The number of nitrogens with zero attached hydrogens (tertiary/aromatic N) is 3. The zero-order valence-electron chi connectivity index (χ0n) is 14.0. The number of phenols is 1. The van der Waals surface area contributed by atoms with E-state index in [4.69, 9.17) is 11.6 Å². The van der Waals surface area contributed by atoms with Gasteiger partial charge in [-0.05, 0) is 31.0 Å². The largest absolute Gasteiger partial charge is 0.507 e. The molecular weight excluding hydrogens is 360 g/mol. The molecule has 1 saturated carbocycles. The quantitative estimate of drug-likeness (QED) is 0.777. The Balaban J connectivity index is 1.63. The van der Waals surface area contributed by atoms with E-state index in [1.54, 1.807) is 23.7 Å². The number of amides is 1. The maximum Gasteiger partial charge on any atom is 0.230 e. The number of aromatic nitrogens is 3. The summed E-state index contributed by atoms with van der Waals surface area (Å²) in [5.41, 5.74) is 0.515. The third-order valence-electron chi connectivity index (χ3n) is 4.34. The van der Waals surface area contributed by atoms with Gasteiger partial charge >= 0.3 is 0 Å². The summed E-state index contributed by atoms with van der Waals surface area (Å²) in [5, 5.41) is 22.5. The Morgan fingerprint density at radius 1 is 1.36 bits per heavy atom. The molecule has 0 saturated heterocycles. The van der Waals surface area contributed by atoms with E-state index < -0.39 is 0 Å². The van der Waals surface area contributed by atoms with Crippen molar-refractivity contribution in [2.75, 3.05) is 5.75 Å². The summed E-state index contributed by atoms with van der Waals surface area (Å²) in [6.07, 6.45) is 5.78. The first-order chi connectivity index (χ1) is 12.0. The number of phenolic OH excluding ortho intramolecular Hbond substituents is 1. The molecule has 1 aliphatic carbocycles. The molecular formula is C17H21ClN4O2S. The van der Waals surface area contributed by atoms with Gasteiger partial charge in [0.05, 0.1) is 11.3 Å². The van der Waals surface area contributed by atoms with Gasteiger partial charge in [-0.3, -0.25) is 4.79 Å². The number of nitrogens with one attached hydrogen (secondary N) is 1. The van der Waals surface area contributed by atoms with Gasteiger partial charge in [-0.1, -0.05) is 42.6 Å². The number of thioether (sulfide) groups is 1. The van der Waals surface area contributed by atoms with Crippen molar-refractivity contribution in [3.63, 3.8) is 0 Å². The highest BCUT2D eigenvalue weighted by Crippen LogP contribution is 2.31. The lowest BCUT2D eigenvalue weighted by atomic mass is 9.95. The Hall–Kier alpha value is -1.73. The number of carbonyl (C=O) groups is 1. The lowest BCUT2D eigenvalue weighted by Gasteiger charge is -2.22. The predicted octanol–water partition coefficient (Wildman–Crippen LogP) is 3.38. The zero-order chi connectivity index (χ0) is 17.8. The third kappa shape index (κ3) is 4.46. The fourth-order valence-corrected chi connectivity index (χ4v) is 3.90. The van der Waals surface area contributed by atoms with Crippen LogP contribution in [0.1, 0.15) is 32.1 Å². The second kappa shape index (κ2) is 8.10. The maximum atomic E-state index is 12.1. The Kier molecular flexibility index (Phi) is 5.86. The Morgan fingerprint density at radius 3 is 2.88 bits per heavy atom. The van der Waals surface area contributed by atoms with Gasteiger partial charge < -0.3 is 15.0 Å². The van der Waals surface area contributed by atoms with Crippen molar-refractivity contribution in [3.8, 4) is 17.1 Å². The highest BCUT2D eigenvalue weighted by atomic mass is 35.5. The molecule has 134 valence electrons. The second-order valence-corrected chi connectivity index (χ2v) is 7.60. The first kappa shape index (κ1) is 18.1. The number of halogens is 1. The standard InChI is InChI=1S/C17H21ClN4O2S/c1-22-16(13-9-11(18)7-8-14(13)23)20-21-17(22)25-10-15(24)19-12-5-3-2-4-6-12/h7-9,12,23H,2-6,10H2,1H3,(H,19,24). The van der Waals surface area contributed by atoms with Crippen LogP contribution in [0, 0.1) is 0 Å². The first-order valence-electron chi connectivity index (χ1n) is 8.35. The molecule has 0 unspecified atom stereocenters. The number of hydrogen-bond donors (Lipinski definition) is 2. The van der Waals surface area contributed by atoms with E-state index in [2.05, 4.69) is 15.5 Å². The molecule has 2 aromatic rings. The molecule has 0 radical (unpaired) electrons. The molecule has 0 spiro atoms. The van der Waals surface area contributed by atoms with Gasteiger partial charge in [0.25, 0.3) is 0 Å². The molecule has 1 aromatic heterocycles. The summed E-state index contributed by atoms with van der Waals surface area (Å²) in [6.45, 7) is 0. The van der Waals surface area contributed by atoms with Gasteiger partial charge in [-0.25, -0.2) is 0 Å². The van der Waals surface area contributed by atoms with Crippen molar-refractivity contribution in [1.29, 1.82) is 0 Å². The van der Waals surface area contributed by atoms with Crippen LogP contribution in [-0.2, 0) is 11.8 Å².